The minimum absolute atomic E-state index is 0.359. The van der Waals surface area contributed by atoms with Crippen LogP contribution in [-0.4, -0.2) is 35.4 Å². The average Bonchev–Trinajstić information content (AvgIpc) is 3.37. The first-order valence-corrected chi connectivity index (χ1v) is 14.5. The van der Waals surface area contributed by atoms with Gasteiger partial charge in [-0.05, 0) is 0 Å². The van der Waals surface area contributed by atoms with Gasteiger partial charge in [0.15, 0.2) is 0 Å². The number of hydrogen-bond acceptors (Lipinski definition) is 3. The Hall–Kier alpha value is -4.10. The summed E-state index contributed by atoms with van der Waals surface area (Å²) in [5.41, 5.74) is 5.38. The molecule has 2 heterocycles. The summed E-state index contributed by atoms with van der Waals surface area (Å²) in [7, 11) is 0. The van der Waals surface area contributed by atoms with Gasteiger partial charge < -0.3 is 0 Å². The Labute approximate surface area is 224 Å². The number of fused-ring (bicyclic) bond motifs is 3. The van der Waals surface area contributed by atoms with Crippen LogP contribution in [0.1, 0.15) is 0 Å². The second-order valence-electron chi connectivity index (χ2n) is 8.90. The molecule has 0 N–H and O–H groups in total. The molecule has 0 atom stereocenters. The first-order valence-electron chi connectivity index (χ1n) is 12.2. The third-order valence-electron chi connectivity index (χ3n) is 6.53. The third kappa shape index (κ3) is 4.15. The van der Waals surface area contributed by atoms with Gasteiger partial charge in [-0.3, -0.25) is 0 Å². The van der Waals surface area contributed by atoms with Crippen LogP contribution >= 0.6 is 0 Å². The summed E-state index contributed by atoms with van der Waals surface area (Å²) in [5.74, 6) is 2.03. The Bertz CT molecular complexity index is 1820. The van der Waals surface area contributed by atoms with E-state index in [-0.39, 0.29) is 20.4 Å². The Morgan fingerprint density at radius 1 is 0.405 bits per heavy atom. The van der Waals surface area contributed by atoms with Crippen LogP contribution in [0.25, 0.3) is 62.9 Å². The normalized spacial score (nSPS) is 11.2. The third-order valence-corrected chi connectivity index (χ3v) is 9.78. The standard InChI is InChI=1S/C33H21N3Te/c1-3-11-22(12-4-1)31-34-32(23-13-5-2-6-14-23)36-33(35-31)25-16-9-15-24(21-25)26-18-10-20-29-30(26)27-17-7-8-19-28(27)37-29/h1-21H. The number of aromatic nitrogens is 3. The van der Waals surface area contributed by atoms with Gasteiger partial charge in [0.05, 0.1) is 0 Å². The molecule has 7 rings (SSSR count). The second-order valence-corrected chi connectivity index (χ2v) is 12.0. The first kappa shape index (κ1) is 22.1. The van der Waals surface area contributed by atoms with Gasteiger partial charge in [-0.1, -0.05) is 12.1 Å². The van der Waals surface area contributed by atoms with Crippen LogP contribution in [0.2, 0.25) is 0 Å². The predicted octanol–water partition coefficient (Wildman–Crippen LogP) is 7.90. The van der Waals surface area contributed by atoms with Crippen molar-refractivity contribution in [3.8, 4) is 45.3 Å². The fourth-order valence-electron chi connectivity index (χ4n) is 4.78. The summed E-state index contributed by atoms with van der Waals surface area (Å²) in [6.45, 7) is 0. The SMILES string of the molecule is c1ccc(-c2nc(-c3ccccc3)nc(-c3cccc(-c4cccc5[te]c6ccccc6c45)c3)n2)cc1. The van der Waals surface area contributed by atoms with E-state index in [0.29, 0.717) is 17.5 Å². The molecule has 0 bridgehead atoms. The van der Waals surface area contributed by atoms with E-state index in [1.54, 1.807) is 0 Å². The van der Waals surface area contributed by atoms with Crippen LogP contribution in [0.15, 0.2) is 127 Å². The number of rotatable bonds is 4. The van der Waals surface area contributed by atoms with Gasteiger partial charge in [-0.2, -0.15) is 0 Å². The molecule has 0 radical (unpaired) electrons. The van der Waals surface area contributed by atoms with Gasteiger partial charge in [0.25, 0.3) is 0 Å². The molecule has 4 heteroatoms. The summed E-state index contributed by atoms with van der Waals surface area (Å²) in [4.78, 5) is 14.7. The summed E-state index contributed by atoms with van der Waals surface area (Å²) in [5, 5.41) is 2.78. The maximum absolute atomic E-state index is 4.93. The van der Waals surface area contributed by atoms with Crippen molar-refractivity contribution in [2.75, 3.05) is 0 Å². The summed E-state index contributed by atoms with van der Waals surface area (Å²) >= 11 is -0.359. The summed E-state index contributed by atoms with van der Waals surface area (Å²) in [6, 6.07) is 44.4. The summed E-state index contributed by atoms with van der Waals surface area (Å²) in [6.07, 6.45) is 0. The molecule has 0 unspecified atom stereocenters. The van der Waals surface area contributed by atoms with Crippen molar-refractivity contribution in [1.82, 2.24) is 15.0 Å². The van der Waals surface area contributed by atoms with Gasteiger partial charge in [0, 0.05) is 0 Å². The zero-order valence-corrected chi connectivity index (χ0v) is 22.2. The molecule has 7 aromatic rings. The van der Waals surface area contributed by atoms with Crippen LogP contribution in [0, 0.1) is 0 Å². The van der Waals surface area contributed by atoms with Gasteiger partial charge in [0.2, 0.25) is 0 Å². The molecule has 0 spiro atoms. The van der Waals surface area contributed by atoms with E-state index in [2.05, 4.69) is 66.7 Å². The average molecular weight is 587 g/mol. The van der Waals surface area contributed by atoms with E-state index in [0.717, 1.165) is 16.7 Å². The van der Waals surface area contributed by atoms with Crippen molar-refractivity contribution >= 4 is 38.0 Å². The molecule has 0 amide bonds. The van der Waals surface area contributed by atoms with E-state index in [9.17, 15) is 0 Å². The molecular formula is C33H21N3Te. The predicted molar refractivity (Wildman–Crippen MR) is 154 cm³/mol. The molecule has 0 aliphatic rings. The molecule has 0 fully saturated rings. The van der Waals surface area contributed by atoms with Crippen molar-refractivity contribution in [3.05, 3.63) is 127 Å². The fourth-order valence-corrected chi connectivity index (χ4v) is 8.01. The van der Waals surface area contributed by atoms with Crippen LogP contribution in [0.5, 0.6) is 0 Å². The Morgan fingerprint density at radius 2 is 0.919 bits per heavy atom. The van der Waals surface area contributed by atoms with Crippen molar-refractivity contribution in [1.29, 1.82) is 0 Å². The van der Waals surface area contributed by atoms with Gasteiger partial charge in [-0.25, -0.2) is 0 Å². The number of hydrogen-bond donors (Lipinski definition) is 0. The molecule has 0 aliphatic carbocycles. The van der Waals surface area contributed by atoms with Crippen LogP contribution in [0.3, 0.4) is 0 Å². The number of benzene rings is 5. The second kappa shape index (κ2) is 9.41. The van der Waals surface area contributed by atoms with Gasteiger partial charge >= 0.3 is 214 Å². The molecule has 5 aromatic carbocycles. The molecule has 2 aromatic heterocycles. The first-order chi connectivity index (χ1) is 18.3. The van der Waals surface area contributed by atoms with E-state index in [1.807, 2.05) is 60.7 Å². The Balaban J connectivity index is 1.41. The van der Waals surface area contributed by atoms with Crippen LogP contribution < -0.4 is 0 Å². The topological polar surface area (TPSA) is 38.7 Å². The molecule has 3 nitrogen and oxygen atoms in total. The molecule has 0 aliphatic heterocycles. The Morgan fingerprint density at radius 3 is 1.62 bits per heavy atom. The monoisotopic (exact) mass is 589 g/mol. The van der Waals surface area contributed by atoms with Crippen molar-refractivity contribution < 1.29 is 0 Å². The van der Waals surface area contributed by atoms with E-state index < -0.39 is 0 Å². The van der Waals surface area contributed by atoms with Gasteiger partial charge in [0.1, 0.15) is 0 Å². The fraction of sp³-hybridized carbons (Fsp3) is 0. The van der Waals surface area contributed by atoms with Crippen molar-refractivity contribution in [3.63, 3.8) is 0 Å². The molecule has 37 heavy (non-hydrogen) atoms. The van der Waals surface area contributed by atoms with Crippen molar-refractivity contribution in [2.45, 2.75) is 0 Å². The zero-order chi connectivity index (χ0) is 24.6. The zero-order valence-electron chi connectivity index (χ0n) is 19.9. The van der Waals surface area contributed by atoms with E-state index >= 15 is 0 Å². The molecule has 0 saturated carbocycles. The quantitative estimate of drug-likeness (QED) is 0.197. The number of nitrogens with zero attached hydrogens (tertiary/aromatic N) is 3. The molecule has 174 valence electrons. The van der Waals surface area contributed by atoms with Crippen LogP contribution in [-0.2, 0) is 0 Å². The summed E-state index contributed by atoms with van der Waals surface area (Å²) < 4.78 is 3.02. The minimum atomic E-state index is -0.359. The van der Waals surface area contributed by atoms with Crippen molar-refractivity contribution in [2.24, 2.45) is 0 Å². The maximum atomic E-state index is 4.93. The van der Waals surface area contributed by atoms with E-state index in [1.165, 1.54) is 28.7 Å². The van der Waals surface area contributed by atoms with Gasteiger partial charge in [-0.15, -0.1) is 0 Å². The molecular weight excluding hydrogens is 566 g/mol. The Kier molecular flexibility index (Phi) is 5.63. The van der Waals surface area contributed by atoms with E-state index in [4.69, 9.17) is 15.0 Å². The molecule has 0 saturated heterocycles. The van der Waals surface area contributed by atoms with Crippen LogP contribution in [0.4, 0.5) is 0 Å².